The van der Waals surface area contributed by atoms with Crippen LogP contribution in [0.15, 0.2) is 18.2 Å². The zero-order valence-corrected chi connectivity index (χ0v) is 11.2. The van der Waals surface area contributed by atoms with E-state index in [4.69, 9.17) is 5.11 Å². The molecule has 0 atom stereocenters. The second kappa shape index (κ2) is 5.30. The number of hydrogen-bond acceptors (Lipinski definition) is 2. The highest BCUT2D eigenvalue weighted by Gasteiger charge is 2.25. The molecule has 0 bridgehead atoms. The Bertz CT molecular complexity index is 513. The van der Waals surface area contributed by atoms with Crippen LogP contribution in [0.2, 0.25) is 0 Å². The first-order valence-corrected chi connectivity index (χ1v) is 6.33. The van der Waals surface area contributed by atoms with E-state index in [9.17, 15) is 9.59 Å². The predicted octanol–water partition coefficient (Wildman–Crippen LogP) is 1.88. The average Bonchev–Trinajstić information content (AvgIpc) is 2.36. The van der Waals surface area contributed by atoms with Crippen LogP contribution in [0.3, 0.4) is 0 Å². The molecule has 0 spiro atoms. The fourth-order valence-corrected chi connectivity index (χ4v) is 2.40. The van der Waals surface area contributed by atoms with Crippen LogP contribution >= 0.6 is 0 Å². The fraction of sp³-hybridized carbons (Fsp3) is 0.429. The predicted molar refractivity (Wildman–Crippen MR) is 72.5 cm³/mol. The number of aliphatic carboxylic acids is 1. The van der Waals surface area contributed by atoms with Crippen molar-refractivity contribution in [1.82, 2.24) is 4.90 Å². The fourth-order valence-electron chi connectivity index (χ4n) is 2.40. The van der Waals surface area contributed by atoms with Gasteiger partial charge in [-0.25, -0.2) is 4.79 Å². The number of carboxylic acid groups (broad SMARTS) is 1. The zero-order chi connectivity index (χ0) is 14.0. The van der Waals surface area contributed by atoms with Gasteiger partial charge in [0.2, 0.25) is 0 Å². The molecule has 19 heavy (non-hydrogen) atoms. The Morgan fingerprint density at radius 1 is 1.42 bits per heavy atom. The lowest BCUT2D eigenvalue weighted by Crippen LogP contribution is -2.45. The smallest absolute Gasteiger partial charge is 0.324 e. The van der Waals surface area contributed by atoms with Crippen molar-refractivity contribution in [3.63, 3.8) is 0 Å². The number of nitrogens with zero attached hydrogens (tertiary/aromatic N) is 2. The van der Waals surface area contributed by atoms with Gasteiger partial charge < -0.3 is 10.0 Å². The van der Waals surface area contributed by atoms with Crippen LogP contribution in [-0.2, 0) is 11.2 Å². The van der Waals surface area contributed by atoms with Gasteiger partial charge in [-0.05, 0) is 31.4 Å². The van der Waals surface area contributed by atoms with Gasteiger partial charge in [-0.2, -0.15) is 0 Å². The number of urea groups is 1. The van der Waals surface area contributed by atoms with Crippen LogP contribution in [0.4, 0.5) is 10.5 Å². The quantitative estimate of drug-likeness (QED) is 0.885. The van der Waals surface area contributed by atoms with Gasteiger partial charge in [0.1, 0.15) is 6.54 Å². The SMILES string of the molecule is Cc1ccc2c(c1)CCCN2C(=O)N(C)CC(=O)O. The second-order valence-corrected chi connectivity index (χ2v) is 4.92. The Hall–Kier alpha value is -2.04. The molecule has 5 nitrogen and oxygen atoms in total. The lowest BCUT2D eigenvalue weighted by molar-refractivity contribution is -0.137. The van der Waals surface area contributed by atoms with Crippen LogP contribution in [0.5, 0.6) is 0 Å². The molecule has 0 radical (unpaired) electrons. The third kappa shape index (κ3) is 2.86. The molecule has 102 valence electrons. The number of carbonyl (C=O) groups excluding carboxylic acids is 1. The van der Waals surface area contributed by atoms with Crippen molar-refractivity contribution in [1.29, 1.82) is 0 Å². The molecule has 0 aromatic heterocycles. The lowest BCUT2D eigenvalue weighted by Gasteiger charge is -2.32. The highest BCUT2D eigenvalue weighted by atomic mass is 16.4. The van der Waals surface area contributed by atoms with Gasteiger partial charge in [0, 0.05) is 19.3 Å². The zero-order valence-electron chi connectivity index (χ0n) is 11.2. The highest BCUT2D eigenvalue weighted by molar-refractivity contribution is 5.94. The maximum absolute atomic E-state index is 12.3. The first-order valence-electron chi connectivity index (χ1n) is 6.33. The standard InChI is InChI=1S/C14H18N2O3/c1-10-5-6-12-11(8-10)4-3-7-16(12)14(19)15(2)9-13(17)18/h5-6,8H,3-4,7,9H2,1-2H3,(H,17,18). The largest absolute Gasteiger partial charge is 0.480 e. The summed E-state index contributed by atoms with van der Waals surface area (Å²) in [4.78, 5) is 25.8. The minimum atomic E-state index is -1.00. The van der Waals surface area contributed by atoms with Gasteiger partial charge >= 0.3 is 12.0 Å². The van der Waals surface area contributed by atoms with Crippen LogP contribution < -0.4 is 4.90 Å². The van der Waals surface area contributed by atoms with Gasteiger partial charge in [-0.3, -0.25) is 9.69 Å². The van der Waals surface area contributed by atoms with Crippen LogP contribution in [0.1, 0.15) is 17.5 Å². The van der Waals surface area contributed by atoms with Crippen molar-refractivity contribution in [2.75, 3.05) is 25.0 Å². The highest BCUT2D eigenvalue weighted by Crippen LogP contribution is 2.28. The monoisotopic (exact) mass is 262 g/mol. The van der Waals surface area contributed by atoms with Gasteiger partial charge in [0.05, 0.1) is 0 Å². The van der Waals surface area contributed by atoms with E-state index in [1.165, 1.54) is 17.5 Å². The van der Waals surface area contributed by atoms with Gasteiger partial charge in [0.25, 0.3) is 0 Å². The van der Waals surface area contributed by atoms with E-state index >= 15 is 0 Å². The Kier molecular flexibility index (Phi) is 3.74. The van der Waals surface area contributed by atoms with E-state index < -0.39 is 5.97 Å². The number of carbonyl (C=O) groups is 2. The molecule has 0 unspecified atom stereocenters. The molecule has 1 aromatic rings. The Balaban J connectivity index is 2.23. The van der Waals surface area contributed by atoms with Gasteiger partial charge in [-0.1, -0.05) is 17.7 Å². The van der Waals surface area contributed by atoms with Crippen LogP contribution in [-0.4, -0.2) is 42.1 Å². The molecule has 0 saturated heterocycles. The number of hydrogen-bond donors (Lipinski definition) is 1. The van der Waals surface area contributed by atoms with Crippen molar-refractivity contribution in [2.24, 2.45) is 0 Å². The van der Waals surface area contributed by atoms with E-state index in [2.05, 4.69) is 6.07 Å². The number of anilines is 1. The van der Waals surface area contributed by atoms with Gasteiger partial charge in [-0.15, -0.1) is 0 Å². The Labute approximate surface area is 112 Å². The summed E-state index contributed by atoms with van der Waals surface area (Å²) in [5.74, 6) is -1.00. The number of rotatable bonds is 2. The van der Waals surface area contributed by atoms with E-state index in [1.54, 1.807) is 4.90 Å². The van der Waals surface area contributed by atoms with Crippen molar-refractivity contribution in [2.45, 2.75) is 19.8 Å². The molecule has 1 aromatic carbocycles. The minimum Gasteiger partial charge on any atom is -0.480 e. The molecule has 1 N–H and O–H groups in total. The first kappa shape index (κ1) is 13.4. The van der Waals surface area contributed by atoms with Crippen LogP contribution in [0.25, 0.3) is 0 Å². The third-order valence-corrected chi connectivity index (χ3v) is 3.28. The Morgan fingerprint density at radius 3 is 2.84 bits per heavy atom. The molecule has 1 aliphatic rings. The van der Waals surface area contributed by atoms with Crippen LogP contribution in [0, 0.1) is 6.92 Å². The van der Waals surface area contributed by atoms with E-state index in [-0.39, 0.29) is 12.6 Å². The third-order valence-electron chi connectivity index (χ3n) is 3.28. The summed E-state index contributed by atoms with van der Waals surface area (Å²) >= 11 is 0. The van der Waals surface area contributed by atoms with Crippen molar-refractivity contribution >= 4 is 17.7 Å². The number of benzene rings is 1. The lowest BCUT2D eigenvalue weighted by atomic mass is 10.00. The number of likely N-dealkylation sites (N-methyl/N-ethyl adjacent to an activating group) is 1. The number of amides is 2. The summed E-state index contributed by atoms with van der Waals surface area (Å²) in [5.41, 5.74) is 3.23. The molecule has 2 amide bonds. The van der Waals surface area contributed by atoms with Crippen molar-refractivity contribution < 1.29 is 14.7 Å². The van der Waals surface area contributed by atoms with E-state index in [0.29, 0.717) is 6.54 Å². The molecule has 0 aliphatic carbocycles. The number of carboxylic acids is 1. The Morgan fingerprint density at radius 2 is 2.16 bits per heavy atom. The molecule has 1 heterocycles. The van der Waals surface area contributed by atoms with E-state index in [0.717, 1.165) is 24.1 Å². The summed E-state index contributed by atoms with van der Waals surface area (Å²) in [7, 11) is 1.51. The minimum absolute atomic E-state index is 0.257. The van der Waals surface area contributed by atoms with Crippen molar-refractivity contribution in [3.05, 3.63) is 29.3 Å². The van der Waals surface area contributed by atoms with Gasteiger partial charge in [0.15, 0.2) is 0 Å². The topological polar surface area (TPSA) is 60.9 Å². The molecule has 2 rings (SSSR count). The summed E-state index contributed by atoms with van der Waals surface area (Å²) < 4.78 is 0. The summed E-state index contributed by atoms with van der Waals surface area (Å²) in [6.07, 6.45) is 1.87. The first-order chi connectivity index (χ1) is 8.99. The molecule has 0 fully saturated rings. The van der Waals surface area contributed by atoms with Crippen molar-refractivity contribution in [3.8, 4) is 0 Å². The summed E-state index contributed by atoms with van der Waals surface area (Å²) in [6.45, 7) is 2.38. The summed E-state index contributed by atoms with van der Waals surface area (Å²) in [6, 6.07) is 5.75. The van der Waals surface area contributed by atoms with E-state index in [1.807, 2.05) is 19.1 Å². The molecular formula is C14H18N2O3. The number of aryl methyl sites for hydroxylation is 2. The normalized spacial score (nSPS) is 13.9. The maximum Gasteiger partial charge on any atom is 0.324 e. The molecule has 0 saturated carbocycles. The molecule has 5 heteroatoms. The molecule has 1 aliphatic heterocycles. The average molecular weight is 262 g/mol. The maximum atomic E-state index is 12.3. The summed E-state index contributed by atoms with van der Waals surface area (Å²) in [5, 5.41) is 8.75. The second-order valence-electron chi connectivity index (χ2n) is 4.92. The molecular weight excluding hydrogens is 244 g/mol. The number of fused-ring (bicyclic) bond motifs is 1.